The van der Waals surface area contributed by atoms with Crippen molar-refractivity contribution in [2.75, 3.05) is 0 Å². The number of benzene rings is 4. The van der Waals surface area contributed by atoms with Crippen LogP contribution < -0.4 is 5.32 Å². The van der Waals surface area contributed by atoms with E-state index >= 15 is 0 Å². The van der Waals surface area contributed by atoms with Gasteiger partial charge in [-0.25, -0.2) is 4.79 Å². The summed E-state index contributed by atoms with van der Waals surface area (Å²) < 4.78 is 5.81. The van der Waals surface area contributed by atoms with Crippen molar-refractivity contribution in [3.63, 3.8) is 0 Å². The molecule has 0 aliphatic heterocycles. The number of halogens is 1. The number of carboxylic acid groups (broad SMARTS) is 1. The number of carbonyl (C=O) groups excluding carboxylic acids is 1. The first kappa shape index (κ1) is 26.1. The topological polar surface area (TPSA) is 99.8 Å². The third kappa shape index (κ3) is 6.13. The number of phenolic OH excluding ortho intramolecular Hbond substituents is 1. The van der Waals surface area contributed by atoms with Crippen LogP contribution in [-0.2, 0) is 17.6 Å². The molecule has 5 aromatic rings. The summed E-state index contributed by atoms with van der Waals surface area (Å²) in [5.74, 6) is -1.67. The summed E-state index contributed by atoms with van der Waals surface area (Å²) in [6.45, 7) is 2.00. The van der Waals surface area contributed by atoms with E-state index in [9.17, 15) is 19.8 Å². The summed E-state index contributed by atoms with van der Waals surface area (Å²) in [6.07, 6.45) is 0.563. The van der Waals surface area contributed by atoms with E-state index < -0.39 is 17.9 Å². The first-order chi connectivity index (χ1) is 18.7. The highest BCUT2D eigenvalue weighted by Crippen LogP contribution is 2.28. The van der Waals surface area contributed by atoms with Gasteiger partial charge in [0.05, 0.1) is 0 Å². The van der Waals surface area contributed by atoms with Gasteiger partial charge in [-0.05, 0) is 77.6 Å². The number of aromatic hydroxyl groups is 1. The molecule has 6 nitrogen and oxygen atoms in total. The minimum Gasteiger partial charge on any atom is -0.508 e. The van der Waals surface area contributed by atoms with Crippen LogP contribution >= 0.6 is 11.6 Å². The molecule has 5 rings (SSSR count). The predicted molar refractivity (Wildman–Crippen MR) is 151 cm³/mol. The van der Waals surface area contributed by atoms with Crippen LogP contribution in [0.5, 0.6) is 5.75 Å². The second kappa shape index (κ2) is 11.1. The second-order valence-electron chi connectivity index (χ2n) is 9.55. The lowest BCUT2D eigenvalue weighted by molar-refractivity contribution is -0.139. The molecule has 4 aromatic carbocycles. The number of carboxylic acids is 1. The monoisotopic (exact) mass is 539 g/mol. The molecule has 1 aromatic heterocycles. The van der Waals surface area contributed by atoms with E-state index in [0.717, 1.165) is 38.8 Å². The lowest BCUT2D eigenvalue weighted by Crippen LogP contribution is -2.42. The molecule has 0 aliphatic rings. The van der Waals surface area contributed by atoms with Crippen molar-refractivity contribution in [3.05, 3.63) is 124 Å². The summed E-state index contributed by atoms with van der Waals surface area (Å²) in [7, 11) is 0. The third-order valence-corrected chi connectivity index (χ3v) is 6.91. The number of hydrogen-bond acceptors (Lipinski definition) is 4. The van der Waals surface area contributed by atoms with Crippen LogP contribution in [0, 0.1) is 6.92 Å². The van der Waals surface area contributed by atoms with E-state index in [-0.39, 0.29) is 17.9 Å². The van der Waals surface area contributed by atoms with Crippen LogP contribution in [0.3, 0.4) is 0 Å². The molecule has 1 atom stereocenters. The van der Waals surface area contributed by atoms with Gasteiger partial charge >= 0.3 is 5.97 Å². The molecule has 0 aliphatic carbocycles. The Morgan fingerprint density at radius 1 is 0.872 bits per heavy atom. The van der Waals surface area contributed by atoms with Gasteiger partial charge in [-0.3, -0.25) is 4.79 Å². The van der Waals surface area contributed by atoms with Crippen LogP contribution in [0.2, 0.25) is 5.02 Å². The first-order valence-corrected chi connectivity index (χ1v) is 12.8. The van der Waals surface area contributed by atoms with Crippen LogP contribution in [0.25, 0.3) is 22.1 Å². The van der Waals surface area contributed by atoms with Gasteiger partial charge in [0.25, 0.3) is 5.91 Å². The van der Waals surface area contributed by atoms with Crippen molar-refractivity contribution in [1.82, 2.24) is 5.32 Å². The minimum atomic E-state index is -1.20. The number of fused-ring (bicyclic) bond motifs is 1. The smallest absolute Gasteiger partial charge is 0.326 e. The van der Waals surface area contributed by atoms with Crippen LogP contribution in [-0.4, -0.2) is 28.1 Å². The fourth-order valence-corrected chi connectivity index (χ4v) is 4.64. The van der Waals surface area contributed by atoms with Crippen LogP contribution in [0.15, 0.2) is 95.4 Å². The molecule has 196 valence electrons. The van der Waals surface area contributed by atoms with Gasteiger partial charge in [-0.15, -0.1) is 0 Å². The Balaban J connectivity index is 1.35. The molecule has 39 heavy (non-hydrogen) atoms. The normalized spacial score (nSPS) is 11.8. The number of rotatable bonds is 8. The SMILES string of the molecule is Cc1ccc(Cc2cc(O)ccc2C[C@H](NC(=O)c2cc3ccc(-c4ccc(Cl)cc4)cc3o2)C(=O)O)cc1. The van der Waals surface area contributed by atoms with E-state index in [1.165, 1.54) is 6.07 Å². The van der Waals surface area contributed by atoms with Crippen molar-refractivity contribution >= 4 is 34.4 Å². The largest absolute Gasteiger partial charge is 0.508 e. The van der Waals surface area contributed by atoms with E-state index in [1.54, 1.807) is 30.3 Å². The number of aliphatic carboxylic acids is 1. The van der Waals surface area contributed by atoms with Crippen LogP contribution in [0.1, 0.15) is 32.8 Å². The highest BCUT2D eigenvalue weighted by atomic mass is 35.5. The minimum absolute atomic E-state index is 0.0232. The standard InChI is InChI=1S/C32H26ClNO5/c1-19-2-4-20(5-3-19)14-25-15-27(35)13-10-22(25)16-28(32(37)38)34-31(36)30-18-24-7-6-23(17-29(24)39-30)21-8-11-26(33)12-9-21/h2-13,15,17-18,28,35H,14,16H2,1H3,(H,34,36)(H,37,38)/t28-/m0/s1. The Morgan fingerprint density at radius 3 is 2.31 bits per heavy atom. The number of amides is 1. The summed E-state index contributed by atoms with van der Waals surface area (Å²) in [4.78, 5) is 25.2. The van der Waals surface area contributed by atoms with E-state index in [1.807, 2.05) is 61.5 Å². The summed E-state index contributed by atoms with van der Waals surface area (Å²) in [5, 5.41) is 23.9. The Hall–Kier alpha value is -4.55. The lowest BCUT2D eigenvalue weighted by atomic mass is 9.94. The number of nitrogens with one attached hydrogen (secondary N) is 1. The van der Waals surface area contributed by atoms with Crippen molar-refractivity contribution in [1.29, 1.82) is 0 Å². The Bertz CT molecular complexity index is 1660. The number of furan rings is 1. The number of phenols is 1. The molecule has 0 fully saturated rings. The fourth-order valence-electron chi connectivity index (χ4n) is 4.52. The molecular weight excluding hydrogens is 514 g/mol. The quantitative estimate of drug-likeness (QED) is 0.202. The zero-order valence-corrected chi connectivity index (χ0v) is 21.9. The molecule has 7 heteroatoms. The van der Waals surface area contributed by atoms with Crippen molar-refractivity contribution in [2.24, 2.45) is 0 Å². The van der Waals surface area contributed by atoms with Crippen molar-refractivity contribution < 1.29 is 24.2 Å². The predicted octanol–water partition coefficient (Wildman–Crippen LogP) is 6.78. The average Bonchev–Trinajstić information content (AvgIpc) is 3.35. The van der Waals surface area contributed by atoms with Gasteiger partial charge in [-0.1, -0.05) is 71.8 Å². The fraction of sp³-hybridized carbons (Fsp3) is 0.125. The van der Waals surface area contributed by atoms with Crippen LogP contribution in [0.4, 0.5) is 0 Å². The molecule has 0 saturated carbocycles. The van der Waals surface area contributed by atoms with Gasteiger partial charge in [-0.2, -0.15) is 0 Å². The molecule has 0 unspecified atom stereocenters. The van der Waals surface area contributed by atoms with Gasteiger partial charge in [0.15, 0.2) is 5.76 Å². The van der Waals surface area contributed by atoms with E-state index in [0.29, 0.717) is 17.0 Å². The molecule has 0 radical (unpaired) electrons. The zero-order chi connectivity index (χ0) is 27.5. The molecule has 0 saturated heterocycles. The van der Waals surface area contributed by atoms with Crippen molar-refractivity contribution in [2.45, 2.75) is 25.8 Å². The van der Waals surface area contributed by atoms with Gasteiger partial charge in [0, 0.05) is 16.8 Å². The third-order valence-electron chi connectivity index (χ3n) is 6.65. The first-order valence-electron chi connectivity index (χ1n) is 12.4. The Labute approximate surface area is 230 Å². The Morgan fingerprint density at radius 2 is 1.59 bits per heavy atom. The highest BCUT2D eigenvalue weighted by Gasteiger charge is 2.24. The van der Waals surface area contributed by atoms with Gasteiger partial charge in [0.1, 0.15) is 17.4 Å². The van der Waals surface area contributed by atoms with E-state index in [4.69, 9.17) is 16.0 Å². The molecule has 1 heterocycles. The summed E-state index contributed by atoms with van der Waals surface area (Å²) in [6, 6.07) is 26.2. The maximum atomic E-state index is 13.1. The van der Waals surface area contributed by atoms with Gasteiger partial charge in [0.2, 0.25) is 0 Å². The van der Waals surface area contributed by atoms with Crippen molar-refractivity contribution in [3.8, 4) is 16.9 Å². The number of hydrogen-bond donors (Lipinski definition) is 3. The average molecular weight is 540 g/mol. The number of carbonyl (C=O) groups is 2. The maximum Gasteiger partial charge on any atom is 0.326 e. The summed E-state index contributed by atoms with van der Waals surface area (Å²) >= 11 is 5.99. The zero-order valence-electron chi connectivity index (χ0n) is 21.1. The molecule has 0 spiro atoms. The highest BCUT2D eigenvalue weighted by molar-refractivity contribution is 6.30. The molecule has 0 bridgehead atoms. The molecule has 3 N–H and O–H groups in total. The number of aryl methyl sites for hydroxylation is 1. The molecular formula is C32H26ClNO5. The van der Waals surface area contributed by atoms with E-state index in [2.05, 4.69) is 5.32 Å². The Kier molecular flexibility index (Phi) is 7.39. The second-order valence-corrected chi connectivity index (χ2v) is 9.99. The lowest BCUT2D eigenvalue weighted by Gasteiger charge is -2.17. The van der Waals surface area contributed by atoms with Gasteiger partial charge < -0.3 is 19.9 Å². The molecule has 1 amide bonds. The maximum absolute atomic E-state index is 13.1. The summed E-state index contributed by atoms with van der Waals surface area (Å²) in [5.41, 5.74) is 6.04.